The van der Waals surface area contributed by atoms with Crippen LogP contribution in [0.3, 0.4) is 0 Å². The molecule has 2 N–H and O–H groups in total. The first-order chi connectivity index (χ1) is 11.0. The van der Waals surface area contributed by atoms with Gasteiger partial charge < -0.3 is 15.4 Å². The van der Waals surface area contributed by atoms with Crippen LogP contribution in [-0.2, 0) is 4.74 Å². The van der Waals surface area contributed by atoms with Gasteiger partial charge in [-0.1, -0.05) is 17.7 Å². The third kappa shape index (κ3) is 6.59. The second kappa shape index (κ2) is 8.89. The minimum Gasteiger partial charge on any atom is -0.373 e. The molecule has 2 amide bonds. The fraction of sp³-hybridized carbons (Fsp3) is 0.611. The van der Waals surface area contributed by atoms with Gasteiger partial charge in [-0.15, -0.1) is 0 Å². The molecule has 0 radical (unpaired) electrons. The molecule has 0 aromatic heterocycles. The lowest BCUT2D eigenvalue weighted by molar-refractivity contribution is -0.0681. The average molecular weight is 319 g/mol. The summed E-state index contributed by atoms with van der Waals surface area (Å²) in [5.74, 6) is 0. The highest BCUT2D eigenvalue weighted by Crippen LogP contribution is 2.11. The van der Waals surface area contributed by atoms with Crippen molar-refractivity contribution in [3.8, 4) is 0 Å². The highest BCUT2D eigenvalue weighted by molar-refractivity contribution is 5.89. The number of anilines is 1. The number of nitrogens with zero attached hydrogens (tertiary/aromatic N) is 1. The molecule has 0 spiro atoms. The van der Waals surface area contributed by atoms with Gasteiger partial charge >= 0.3 is 6.03 Å². The van der Waals surface area contributed by atoms with Gasteiger partial charge in [0.1, 0.15) is 0 Å². The van der Waals surface area contributed by atoms with Gasteiger partial charge in [-0.05, 0) is 52.3 Å². The van der Waals surface area contributed by atoms with Crippen LogP contribution in [0.1, 0.15) is 32.3 Å². The summed E-state index contributed by atoms with van der Waals surface area (Å²) >= 11 is 0. The number of ether oxygens (including phenoxy) is 1. The van der Waals surface area contributed by atoms with E-state index in [1.54, 1.807) is 0 Å². The summed E-state index contributed by atoms with van der Waals surface area (Å²) in [6.07, 6.45) is 2.71. The zero-order valence-electron chi connectivity index (χ0n) is 14.5. The number of morpholine rings is 1. The highest BCUT2D eigenvalue weighted by atomic mass is 16.5. The first-order valence-electron chi connectivity index (χ1n) is 8.52. The van der Waals surface area contributed by atoms with Gasteiger partial charge in [0.15, 0.2) is 0 Å². The molecule has 0 bridgehead atoms. The maximum absolute atomic E-state index is 11.8. The maximum Gasteiger partial charge on any atom is 0.319 e. The van der Waals surface area contributed by atoms with E-state index in [0.717, 1.165) is 38.2 Å². The van der Waals surface area contributed by atoms with Crippen molar-refractivity contribution in [2.24, 2.45) is 0 Å². The fourth-order valence-corrected chi connectivity index (χ4v) is 2.94. The zero-order chi connectivity index (χ0) is 16.7. The predicted molar refractivity (Wildman–Crippen MR) is 93.9 cm³/mol. The topological polar surface area (TPSA) is 53.6 Å². The third-order valence-electron chi connectivity index (χ3n) is 3.99. The molecule has 2 atom stereocenters. The average Bonchev–Trinajstić information content (AvgIpc) is 2.48. The second-order valence-corrected chi connectivity index (χ2v) is 6.47. The Morgan fingerprint density at radius 3 is 2.48 bits per heavy atom. The molecule has 0 unspecified atom stereocenters. The summed E-state index contributed by atoms with van der Waals surface area (Å²) in [7, 11) is 0. The predicted octanol–water partition coefficient (Wildman–Crippen LogP) is 3.01. The van der Waals surface area contributed by atoms with Crippen molar-refractivity contribution in [2.45, 2.75) is 45.8 Å². The number of unbranched alkanes of at least 4 members (excludes halogenated alkanes) is 1. The molecule has 5 heteroatoms. The lowest BCUT2D eigenvalue weighted by Gasteiger charge is -2.35. The number of amides is 2. The Bertz CT molecular complexity index is 480. The van der Waals surface area contributed by atoms with E-state index in [2.05, 4.69) is 29.4 Å². The van der Waals surface area contributed by atoms with Crippen molar-refractivity contribution in [1.82, 2.24) is 10.2 Å². The standard InChI is InChI=1S/C18H29N3O2/c1-14-6-8-17(9-7-14)20-18(22)19-10-4-5-11-21-12-15(2)23-16(3)13-21/h6-9,15-16H,4-5,10-13H2,1-3H3,(H2,19,20,22)/t15-,16-/m1/s1. The van der Waals surface area contributed by atoms with Crippen molar-refractivity contribution in [1.29, 1.82) is 0 Å². The van der Waals surface area contributed by atoms with Crippen molar-refractivity contribution in [2.75, 3.05) is 31.5 Å². The Kier molecular flexibility index (Phi) is 6.86. The van der Waals surface area contributed by atoms with Gasteiger partial charge in [0, 0.05) is 25.3 Å². The molecule has 128 valence electrons. The first-order valence-corrected chi connectivity index (χ1v) is 8.52. The van der Waals surface area contributed by atoms with Crippen LogP contribution < -0.4 is 10.6 Å². The van der Waals surface area contributed by atoms with Crippen molar-refractivity contribution < 1.29 is 9.53 Å². The maximum atomic E-state index is 11.8. The summed E-state index contributed by atoms with van der Waals surface area (Å²) in [6, 6.07) is 7.66. The van der Waals surface area contributed by atoms with Crippen molar-refractivity contribution >= 4 is 11.7 Å². The van der Waals surface area contributed by atoms with Crippen molar-refractivity contribution in [3.05, 3.63) is 29.8 Å². The Morgan fingerprint density at radius 2 is 1.83 bits per heavy atom. The van der Waals surface area contributed by atoms with E-state index in [0.29, 0.717) is 18.8 Å². The molecule has 5 nitrogen and oxygen atoms in total. The van der Waals surface area contributed by atoms with E-state index in [1.807, 2.05) is 31.2 Å². The monoisotopic (exact) mass is 319 g/mol. The number of aryl methyl sites for hydroxylation is 1. The van der Waals surface area contributed by atoms with Gasteiger partial charge in [0.05, 0.1) is 12.2 Å². The van der Waals surface area contributed by atoms with Crippen LogP contribution >= 0.6 is 0 Å². The quantitative estimate of drug-likeness (QED) is 0.793. The van der Waals surface area contributed by atoms with E-state index in [-0.39, 0.29) is 6.03 Å². The number of benzene rings is 1. The number of nitrogens with one attached hydrogen (secondary N) is 2. The van der Waals surface area contributed by atoms with Gasteiger partial charge in [-0.25, -0.2) is 4.79 Å². The van der Waals surface area contributed by atoms with Gasteiger partial charge in [0.2, 0.25) is 0 Å². The number of hydrogen-bond donors (Lipinski definition) is 2. The number of urea groups is 1. The van der Waals surface area contributed by atoms with Crippen molar-refractivity contribution in [3.63, 3.8) is 0 Å². The van der Waals surface area contributed by atoms with E-state index >= 15 is 0 Å². The number of hydrogen-bond acceptors (Lipinski definition) is 3. The Labute approximate surface area is 139 Å². The summed E-state index contributed by atoms with van der Waals surface area (Å²) in [4.78, 5) is 14.2. The molecule has 0 aliphatic carbocycles. The molecule has 0 saturated carbocycles. The minimum absolute atomic E-state index is 0.137. The summed E-state index contributed by atoms with van der Waals surface area (Å²) in [5.41, 5.74) is 2.01. The van der Waals surface area contributed by atoms with Crippen LogP contribution in [0.4, 0.5) is 10.5 Å². The molecular formula is C18H29N3O2. The van der Waals surface area contributed by atoms with E-state index in [9.17, 15) is 4.79 Å². The van der Waals surface area contributed by atoms with Crippen LogP contribution in [0.5, 0.6) is 0 Å². The molecule has 1 fully saturated rings. The molecule has 1 aromatic carbocycles. The third-order valence-corrected chi connectivity index (χ3v) is 3.99. The molecule has 1 heterocycles. The van der Waals surface area contributed by atoms with Gasteiger partial charge in [-0.2, -0.15) is 0 Å². The number of carbonyl (C=O) groups is 1. The number of carbonyl (C=O) groups excluding carboxylic acids is 1. The normalized spacial score (nSPS) is 21.9. The summed E-state index contributed by atoms with van der Waals surface area (Å²) < 4.78 is 5.73. The summed E-state index contributed by atoms with van der Waals surface area (Å²) in [5, 5.41) is 5.75. The summed E-state index contributed by atoms with van der Waals surface area (Å²) in [6.45, 7) is 10.1. The van der Waals surface area contributed by atoms with E-state index in [4.69, 9.17) is 4.74 Å². The smallest absolute Gasteiger partial charge is 0.319 e. The van der Waals surface area contributed by atoms with E-state index < -0.39 is 0 Å². The molecule has 1 saturated heterocycles. The van der Waals surface area contributed by atoms with Crippen LogP contribution in [0.25, 0.3) is 0 Å². The molecular weight excluding hydrogens is 290 g/mol. The van der Waals surface area contributed by atoms with Gasteiger partial charge in [-0.3, -0.25) is 4.90 Å². The molecule has 1 aliphatic rings. The Balaban J connectivity index is 1.56. The number of rotatable bonds is 6. The lowest BCUT2D eigenvalue weighted by atomic mass is 10.2. The van der Waals surface area contributed by atoms with Crippen LogP contribution in [0.2, 0.25) is 0 Å². The van der Waals surface area contributed by atoms with Crippen LogP contribution in [0.15, 0.2) is 24.3 Å². The molecule has 2 rings (SSSR count). The first kappa shape index (κ1) is 17.8. The highest BCUT2D eigenvalue weighted by Gasteiger charge is 2.21. The van der Waals surface area contributed by atoms with Crippen LogP contribution in [-0.4, -0.2) is 49.3 Å². The zero-order valence-corrected chi connectivity index (χ0v) is 14.5. The second-order valence-electron chi connectivity index (χ2n) is 6.47. The Morgan fingerprint density at radius 1 is 1.17 bits per heavy atom. The molecule has 23 heavy (non-hydrogen) atoms. The Hall–Kier alpha value is -1.59. The lowest BCUT2D eigenvalue weighted by Crippen LogP contribution is -2.45. The minimum atomic E-state index is -0.137. The fourth-order valence-electron chi connectivity index (χ4n) is 2.94. The largest absolute Gasteiger partial charge is 0.373 e. The van der Waals surface area contributed by atoms with E-state index in [1.165, 1.54) is 5.56 Å². The molecule has 1 aliphatic heterocycles. The van der Waals surface area contributed by atoms with Gasteiger partial charge in [0.25, 0.3) is 0 Å². The molecule has 1 aromatic rings. The SMILES string of the molecule is Cc1ccc(NC(=O)NCCCCN2C[C@@H](C)O[C@H](C)C2)cc1. The van der Waals surface area contributed by atoms with Crippen LogP contribution in [0, 0.1) is 6.92 Å².